The van der Waals surface area contributed by atoms with Crippen molar-refractivity contribution < 1.29 is 0 Å². The summed E-state index contributed by atoms with van der Waals surface area (Å²) in [5.74, 6) is 0.886. The Labute approximate surface area is 72.6 Å². The van der Waals surface area contributed by atoms with Crippen molar-refractivity contribution in [3.05, 3.63) is 18.2 Å². The molecule has 3 heteroatoms. The standard InChI is InChI=1S/C9H15N3/c1-7(10)9-4-11-6-12(9)5-8-2-3-8/h4,6-8H,2-3,5,10H2,1H3/t7-/m1/s1. The van der Waals surface area contributed by atoms with E-state index in [-0.39, 0.29) is 6.04 Å². The molecule has 12 heavy (non-hydrogen) atoms. The van der Waals surface area contributed by atoms with Crippen molar-refractivity contribution in [3.8, 4) is 0 Å². The van der Waals surface area contributed by atoms with Gasteiger partial charge in [-0.3, -0.25) is 0 Å². The molecule has 1 fully saturated rings. The molecule has 2 N–H and O–H groups in total. The van der Waals surface area contributed by atoms with Crippen LogP contribution >= 0.6 is 0 Å². The largest absolute Gasteiger partial charge is 0.333 e. The van der Waals surface area contributed by atoms with Gasteiger partial charge in [0, 0.05) is 18.8 Å². The van der Waals surface area contributed by atoms with Crippen molar-refractivity contribution in [1.82, 2.24) is 9.55 Å². The van der Waals surface area contributed by atoms with Crippen molar-refractivity contribution in [1.29, 1.82) is 0 Å². The van der Waals surface area contributed by atoms with E-state index in [1.807, 2.05) is 19.4 Å². The molecule has 0 unspecified atom stereocenters. The van der Waals surface area contributed by atoms with Crippen LogP contribution in [-0.4, -0.2) is 9.55 Å². The number of hydrogen-bond donors (Lipinski definition) is 1. The van der Waals surface area contributed by atoms with Gasteiger partial charge in [0.1, 0.15) is 0 Å². The van der Waals surface area contributed by atoms with Crippen LogP contribution in [0.5, 0.6) is 0 Å². The van der Waals surface area contributed by atoms with E-state index in [2.05, 4.69) is 9.55 Å². The first-order valence-corrected chi connectivity index (χ1v) is 4.53. The highest BCUT2D eigenvalue weighted by Crippen LogP contribution is 2.31. The number of nitrogens with zero attached hydrogens (tertiary/aromatic N) is 2. The molecule has 3 nitrogen and oxygen atoms in total. The molecule has 0 amide bonds. The Morgan fingerprint density at radius 2 is 2.50 bits per heavy atom. The maximum absolute atomic E-state index is 5.79. The van der Waals surface area contributed by atoms with Crippen LogP contribution in [0, 0.1) is 5.92 Å². The van der Waals surface area contributed by atoms with Crippen LogP contribution in [0.15, 0.2) is 12.5 Å². The molecule has 1 atom stereocenters. The summed E-state index contributed by atoms with van der Waals surface area (Å²) in [5.41, 5.74) is 6.95. The molecule has 0 radical (unpaired) electrons. The van der Waals surface area contributed by atoms with E-state index in [9.17, 15) is 0 Å². The Bertz CT molecular complexity index is 260. The molecule has 66 valence electrons. The smallest absolute Gasteiger partial charge is 0.0948 e. The number of hydrogen-bond acceptors (Lipinski definition) is 2. The Morgan fingerprint density at radius 1 is 1.75 bits per heavy atom. The molecule has 1 aromatic heterocycles. The SMILES string of the molecule is C[C@@H](N)c1cncn1CC1CC1. The quantitative estimate of drug-likeness (QED) is 0.734. The zero-order valence-corrected chi connectivity index (χ0v) is 7.40. The molecule has 1 aliphatic carbocycles. The van der Waals surface area contributed by atoms with Crippen molar-refractivity contribution in [2.45, 2.75) is 32.4 Å². The monoisotopic (exact) mass is 165 g/mol. The van der Waals surface area contributed by atoms with Gasteiger partial charge in [-0.2, -0.15) is 0 Å². The van der Waals surface area contributed by atoms with E-state index in [4.69, 9.17) is 5.73 Å². The summed E-state index contributed by atoms with van der Waals surface area (Å²) in [6.45, 7) is 3.11. The number of nitrogens with two attached hydrogens (primary N) is 1. The Hall–Kier alpha value is -0.830. The van der Waals surface area contributed by atoms with Gasteiger partial charge < -0.3 is 10.3 Å². The highest BCUT2D eigenvalue weighted by atomic mass is 15.1. The molecular formula is C9H15N3. The van der Waals surface area contributed by atoms with Crippen molar-refractivity contribution >= 4 is 0 Å². The highest BCUT2D eigenvalue weighted by molar-refractivity contribution is 5.03. The van der Waals surface area contributed by atoms with Crippen LogP contribution in [0.3, 0.4) is 0 Å². The number of imidazole rings is 1. The molecule has 0 aromatic carbocycles. The van der Waals surface area contributed by atoms with Crippen LogP contribution in [0.4, 0.5) is 0 Å². The van der Waals surface area contributed by atoms with E-state index < -0.39 is 0 Å². The van der Waals surface area contributed by atoms with Gasteiger partial charge in [0.15, 0.2) is 0 Å². The van der Waals surface area contributed by atoms with E-state index in [0.717, 1.165) is 18.2 Å². The maximum Gasteiger partial charge on any atom is 0.0948 e. The average molecular weight is 165 g/mol. The minimum atomic E-state index is 0.103. The molecule has 0 spiro atoms. The Kier molecular flexibility index (Phi) is 1.89. The number of rotatable bonds is 3. The van der Waals surface area contributed by atoms with Crippen LogP contribution in [-0.2, 0) is 6.54 Å². The van der Waals surface area contributed by atoms with Crippen molar-refractivity contribution in [2.24, 2.45) is 11.7 Å². The molecule has 1 heterocycles. The first-order chi connectivity index (χ1) is 5.77. The molecule has 2 rings (SSSR count). The topological polar surface area (TPSA) is 43.8 Å². The predicted octanol–water partition coefficient (Wildman–Crippen LogP) is 1.31. The summed E-state index contributed by atoms with van der Waals surface area (Å²) >= 11 is 0. The third-order valence-corrected chi connectivity index (χ3v) is 2.36. The van der Waals surface area contributed by atoms with E-state index in [1.54, 1.807) is 0 Å². The van der Waals surface area contributed by atoms with Gasteiger partial charge >= 0.3 is 0 Å². The first-order valence-electron chi connectivity index (χ1n) is 4.53. The molecule has 0 bridgehead atoms. The third-order valence-electron chi connectivity index (χ3n) is 2.36. The molecule has 0 saturated heterocycles. The Balaban J connectivity index is 2.11. The summed E-state index contributed by atoms with van der Waals surface area (Å²) in [5, 5.41) is 0. The lowest BCUT2D eigenvalue weighted by Gasteiger charge is -2.09. The second kappa shape index (κ2) is 2.90. The van der Waals surface area contributed by atoms with E-state index in [0.29, 0.717) is 0 Å². The molecule has 1 aromatic rings. The lowest BCUT2D eigenvalue weighted by Crippen LogP contribution is -2.12. The minimum Gasteiger partial charge on any atom is -0.333 e. The predicted molar refractivity (Wildman–Crippen MR) is 47.6 cm³/mol. The molecule has 1 saturated carbocycles. The Morgan fingerprint density at radius 3 is 3.08 bits per heavy atom. The van der Waals surface area contributed by atoms with E-state index >= 15 is 0 Å². The molecule has 0 aliphatic heterocycles. The number of aromatic nitrogens is 2. The highest BCUT2D eigenvalue weighted by Gasteiger charge is 2.22. The van der Waals surface area contributed by atoms with Gasteiger partial charge in [-0.1, -0.05) is 0 Å². The minimum absolute atomic E-state index is 0.103. The van der Waals surface area contributed by atoms with Gasteiger partial charge in [0.25, 0.3) is 0 Å². The lowest BCUT2D eigenvalue weighted by molar-refractivity contribution is 0.579. The fourth-order valence-electron chi connectivity index (χ4n) is 1.44. The van der Waals surface area contributed by atoms with Gasteiger partial charge in [0.05, 0.1) is 12.0 Å². The normalized spacial score (nSPS) is 19.5. The van der Waals surface area contributed by atoms with Crippen molar-refractivity contribution in [3.63, 3.8) is 0 Å². The van der Waals surface area contributed by atoms with Gasteiger partial charge in [-0.15, -0.1) is 0 Å². The maximum atomic E-state index is 5.79. The van der Waals surface area contributed by atoms with Crippen molar-refractivity contribution in [2.75, 3.05) is 0 Å². The third kappa shape index (κ3) is 1.50. The van der Waals surface area contributed by atoms with Gasteiger partial charge in [-0.25, -0.2) is 4.98 Å². The zero-order chi connectivity index (χ0) is 8.55. The first kappa shape index (κ1) is 7.80. The zero-order valence-electron chi connectivity index (χ0n) is 7.40. The van der Waals surface area contributed by atoms with Gasteiger partial charge in [-0.05, 0) is 25.7 Å². The summed E-state index contributed by atoms with van der Waals surface area (Å²) in [6.07, 6.45) is 6.50. The summed E-state index contributed by atoms with van der Waals surface area (Å²) < 4.78 is 2.18. The second-order valence-corrected chi connectivity index (χ2v) is 3.70. The van der Waals surface area contributed by atoms with E-state index in [1.165, 1.54) is 12.8 Å². The summed E-state index contributed by atoms with van der Waals surface area (Å²) in [4.78, 5) is 4.11. The second-order valence-electron chi connectivity index (χ2n) is 3.70. The van der Waals surface area contributed by atoms with Gasteiger partial charge in [0.2, 0.25) is 0 Å². The lowest BCUT2D eigenvalue weighted by atomic mass is 10.2. The summed E-state index contributed by atoms with van der Waals surface area (Å²) in [6, 6.07) is 0.103. The van der Waals surface area contributed by atoms with Crippen LogP contribution in [0.1, 0.15) is 31.5 Å². The molecular weight excluding hydrogens is 150 g/mol. The summed E-state index contributed by atoms with van der Waals surface area (Å²) in [7, 11) is 0. The van der Waals surface area contributed by atoms with Crippen LogP contribution in [0.2, 0.25) is 0 Å². The van der Waals surface area contributed by atoms with Crippen LogP contribution in [0.25, 0.3) is 0 Å². The fourth-order valence-corrected chi connectivity index (χ4v) is 1.44. The molecule has 1 aliphatic rings. The fraction of sp³-hybridized carbons (Fsp3) is 0.667. The average Bonchev–Trinajstić information content (AvgIpc) is 2.66. The van der Waals surface area contributed by atoms with Crippen LogP contribution < -0.4 is 5.73 Å².